The van der Waals surface area contributed by atoms with Gasteiger partial charge in [0, 0.05) is 11.4 Å². The Hall–Kier alpha value is -2.62. The van der Waals surface area contributed by atoms with E-state index in [0.717, 1.165) is 28.9 Å². The number of benzene rings is 2. The predicted octanol–water partition coefficient (Wildman–Crippen LogP) is 2.41. The minimum absolute atomic E-state index is 0.651. The lowest BCUT2D eigenvalue weighted by Gasteiger charge is -2.08. The zero-order valence-corrected chi connectivity index (χ0v) is 10.3. The van der Waals surface area contributed by atoms with Crippen molar-refractivity contribution in [3.05, 3.63) is 59.7 Å². The molecule has 0 aromatic heterocycles. The van der Waals surface area contributed by atoms with E-state index in [1.54, 1.807) is 0 Å². The predicted molar refractivity (Wildman–Crippen MR) is 75.1 cm³/mol. The molecule has 4 heteroatoms. The van der Waals surface area contributed by atoms with E-state index < -0.39 is 0 Å². The van der Waals surface area contributed by atoms with E-state index in [-0.39, 0.29) is 0 Å². The van der Waals surface area contributed by atoms with Gasteiger partial charge in [-0.25, -0.2) is 0 Å². The summed E-state index contributed by atoms with van der Waals surface area (Å²) in [6.07, 6.45) is 2.05. The zero-order chi connectivity index (χ0) is 13.5. The fraction of sp³-hybridized carbons (Fsp3) is 0.0667. The summed E-state index contributed by atoms with van der Waals surface area (Å²) in [5.41, 5.74) is 3.73. The van der Waals surface area contributed by atoms with E-state index in [1.165, 1.54) is 0 Å². The Balaban J connectivity index is 2.16. The Morgan fingerprint density at radius 2 is 1.53 bits per heavy atom. The fourth-order valence-electron chi connectivity index (χ4n) is 1.89. The molecule has 0 bridgehead atoms. The van der Waals surface area contributed by atoms with E-state index in [4.69, 9.17) is 0 Å². The first-order valence-corrected chi connectivity index (χ1v) is 5.90. The van der Waals surface area contributed by atoms with Crippen molar-refractivity contribution in [3.63, 3.8) is 0 Å². The SMILES string of the molecule is O=CNc1ccc(Cc2ccccc2NC=O)cc1. The molecule has 2 aromatic rings. The van der Waals surface area contributed by atoms with E-state index in [0.29, 0.717) is 12.8 Å². The quantitative estimate of drug-likeness (QED) is 0.778. The second kappa shape index (κ2) is 6.35. The van der Waals surface area contributed by atoms with E-state index >= 15 is 0 Å². The van der Waals surface area contributed by atoms with Crippen LogP contribution in [0.5, 0.6) is 0 Å². The van der Waals surface area contributed by atoms with Crippen LogP contribution in [0.25, 0.3) is 0 Å². The normalized spacial score (nSPS) is 9.68. The van der Waals surface area contributed by atoms with E-state index in [9.17, 15) is 9.59 Å². The third kappa shape index (κ3) is 3.42. The topological polar surface area (TPSA) is 58.2 Å². The Morgan fingerprint density at radius 3 is 2.21 bits per heavy atom. The van der Waals surface area contributed by atoms with Crippen LogP contribution >= 0.6 is 0 Å². The van der Waals surface area contributed by atoms with Crippen LogP contribution in [-0.2, 0) is 16.0 Å². The Labute approximate surface area is 111 Å². The Morgan fingerprint density at radius 1 is 0.842 bits per heavy atom. The van der Waals surface area contributed by atoms with Crippen LogP contribution in [0.3, 0.4) is 0 Å². The van der Waals surface area contributed by atoms with Gasteiger partial charge in [0.1, 0.15) is 0 Å². The first-order chi connectivity index (χ1) is 9.33. The highest BCUT2D eigenvalue weighted by atomic mass is 16.1. The lowest BCUT2D eigenvalue weighted by molar-refractivity contribution is -0.106. The molecule has 0 spiro atoms. The van der Waals surface area contributed by atoms with Crippen molar-refractivity contribution in [2.75, 3.05) is 10.6 Å². The molecule has 0 radical (unpaired) electrons. The molecule has 0 unspecified atom stereocenters. The number of carbonyl (C=O) groups excluding carboxylic acids is 2. The summed E-state index contributed by atoms with van der Waals surface area (Å²) in [6, 6.07) is 15.3. The Bertz CT molecular complexity index is 565. The minimum atomic E-state index is 0.651. The molecule has 0 heterocycles. The van der Waals surface area contributed by atoms with Gasteiger partial charge >= 0.3 is 0 Å². The summed E-state index contributed by atoms with van der Waals surface area (Å²) >= 11 is 0. The molecule has 0 aliphatic carbocycles. The van der Waals surface area contributed by atoms with Crippen LogP contribution in [0.2, 0.25) is 0 Å². The zero-order valence-electron chi connectivity index (χ0n) is 10.3. The number of para-hydroxylation sites is 1. The average Bonchev–Trinajstić information content (AvgIpc) is 2.44. The maximum absolute atomic E-state index is 10.5. The summed E-state index contributed by atoms with van der Waals surface area (Å²) in [4.78, 5) is 20.9. The van der Waals surface area contributed by atoms with Crippen molar-refractivity contribution >= 4 is 24.2 Å². The van der Waals surface area contributed by atoms with Crippen LogP contribution in [-0.4, -0.2) is 12.8 Å². The van der Waals surface area contributed by atoms with Crippen LogP contribution in [0.4, 0.5) is 11.4 Å². The molecule has 0 atom stereocenters. The molecule has 0 fully saturated rings. The van der Waals surface area contributed by atoms with Gasteiger partial charge in [-0.2, -0.15) is 0 Å². The maximum Gasteiger partial charge on any atom is 0.211 e. The molecule has 0 aliphatic rings. The van der Waals surface area contributed by atoms with Gasteiger partial charge in [0.2, 0.25) is 12.8 Å². The summed E-state index contributed by atoms with van der Waals surface area (Å²) in [5, 5.41) is 5.28. The minimum Gasteiger partial charge on any atom is -0.329 e. The van der Waals surface area contributed by atoms with Crippen molar-refractivity contribution < 1.29 is 9.59 Å². The van der Waals surface area contributed by atoms with Gasteiger partial charge in [-0.3, -0.25) is 9.59 Å². The molecule has 2 amide bonds. The van der Waals surface area contributed by atoms with Crippen molar-refractivity contribution in [3.8, 4) is 0 Å². The van der Waals surface area contributed by atoms with Crippen molar-refractivity contribution in [1.82, 2.24) is 0 Å². The lowest BCUT2D eigenvalue weighted by atomic mass is 10.0. The van der Waals surface area contributed by atoms with Gasteiger partial charge < -0.3 is 10.6 Å². The van der Waals surface area contributed by atoms with Crippen molar-refractivity contribution in [2.24, 2.45) is 0 Å². The van der Waals surface area contributed by atoms with Crippen LogP contribution < -0.4 is 10.6 Å². The van der Waals surface area contributed by atoms with Crippen LogP contribution in [0.1, 0.15) is 11.1 Å². The number of amides is 2. The number of carbonyl (C=O) groups is 2. The Kier molecular flexibility index (Phi) is 4.29. The smallest absolute Gasteiger partial charge is 0.211 e. The van der Waals surface area contributed by atoms with Gasteiger partial charge in [0.25, 0.3) is 0 Å². The maximum atomic E-state index is 10.5. The van der Waals surface area contributed by atoms with Gasteiger partial charge in [-0.15, -0.1) is 0 Å². The van der Waals surface area contributed by atoms with Gasteiger partial charge in [0.15, 0.2) is 0 Å². The molecular formula is C15H14N2O2. The van der Waals surface area contributed by atoms with Crippen molar-refractivity contribution in [2.45, 2.75) is 6.42 Å². The largest absolute Gasteiger partial charge is 0.329 e. The standard InChI is InChI=1S/C15H14N2O2/c18-10-16-14-7-5-12(6-8-14)9-13-3-1-2-4-15(13)17-11-19/h1-8,10-11H,9H2,(H,16,18)(H,17,19). The summed E-state index contributed by atoms with van der Waals surface area (Å²) in [5.74, 6) is 0. The molecule has 0 aliphatic heterocycles. The van der Waals surface area contributed by atoms with Gasteiger partial charge in [-0.05, 0) is 35.7 Å². The second-order valence-corrected chi connectivity index (χ2v) is 4.06. The molecule has 2 aromatic carbocycles. The molecule has 0 saturated carbocycles. The molecule has 19 heavy (non-hydrogen) atoms. The molecular weight excluding hydrogens is 240 g/mol. The van der Waals surface area contributed by atoms with Gasteiger partial charge in [0.05, 0.1) is 0 Å². The highest BCUT2D eigenvalue weighted by molar-refractivity contribution is 5.74. The molecule has 2 N–H and O–H groups in total. The lowest BCUT2D eigenvalue weighted by Crippen LogP contribution is -1.99. The number of nitrogens with one attached hydrogen (secondary N) is 2. The number of anilines is 2. The van der Waals surface area contributed by atoms with E-state index in [1.807, 2.05) is 48.5 Å². The first-order valence-electron chi connectivity index (χ1n) is 5.90. The number of rotatable bonds is 6. The third-order valence-electron chi connectivity index (χ3n) is 2.81. The number of hydrogen-bond acceptors (Lipinski definition) is 2. The van der Waals surface area contributed by atoms with Crippen LogP contribution in [0.15, 0.2) is 48.5 Å². The molecule has 0 saturated heterocycles. The first kappa shape index (κ1) is 12.8. The molecule has 2 rings (SSSR count). The second-order valence-electron chi connectivity index (χ2n) is 4.06. The monoisotopic (exact) mass is 254 g/mol. The average molecular weight is 254 g/mol. The fourth-order valence-corrected chi connectivity index (χ4v) is 1.89. The highest BCUT2D eigenvalue weighted by Gasteiger charge is 2.02. The summed E-state index contributed by atoms with van der Waals surface area (Å²) < 4.78 is 0. The van der Waals surface area contributed by atoms with Crippen LogP contribution in [0, 0.1) is 0 Å². The van der Waals surface area contributed by atoms with Gasteiger partial charge in [-0.1, -0.05) is 30.3 Å². The third-order valence-corrected chi connectivity index (χ3v) is 2.81. The summed E-state index contributed by atoms with van der Waals surface area (Å²) in [6.45, 7) is 0. The van der Waals surface area contributed by atoms with Crippen molar-refractivity contribution in [1.29, 1.82) is 0 Å². The number of hydrogen-bond donors (Lipinski definition) is 2. The summed E-state index contributed by atoms with van der Waals surface area (Å²) in [7, 11) is 0. The highest BCUT2D eigenvalue weighted by Crippen LogP contribution is 2.19. The molecule has 4 nitrogen and oxygen atoms in total. The van der Waals surface area contributed by atoms with E-state index in [2.05, 4.69) is 10.6 Å². The molecule has 96 valence electrons.